The Labute approximate surface area is 238 Å². The molecule has 5 aromatic rings. The first-order valence-corrected chi connectivity index (χ1v) is 13.8. The van der Waals surface area contributed by atoms with Gasteiger partial charge < -0.3 is 20.5 Å². The van der Waals surface area contributed by atoms with Gasteiger partial charge >= 0.3 is 5.76 Å². The molecule has 0 amide bonds. The highest BCUT2D eigenvalue weighted by Crippen LogP contribution is 2.41. The number of hydrogen-bond donors (Lipinski definition) is 3. The minimum atomic E-state index is -2.63. The van der Waals surface area contributed by atoms with Gasteiger partial charge in [-0.2, -0.15) is 19.0 Å². The lowest BCUT2D eigenvalue weighted by Gasteiger charge is -2.19. The molecule has 13 heteroatoms. The Morgan fingerprint density at radius 3 is 2.71 bits per heavy atom. The van der Waals surface area contributed by atoms with Crippen molar-refractivity contribution in [2.45, 2.75) is 31.9 Å². The summed E-state index contributed by atoms with van der Waals surface area (Å²) in [6, 6.07) is 11.1. The van der Waals surface area contributed by atoms with Crippen LogP contribution in [-0.4, -0.2) is 36.8 Å². The number of aryl methyl sites for hydroxylation is 1. The fourth-order valence-corrected chi connectivity index (χ4v) is 5.48. The summed E-state index contributed by atoms with van der Waals surface area (Å²) < 4.78 is 52.2. The van der Waals surface area contributed by atoms with Crippen LogP contribution >= 0.6 is 11.9 Å². The second-order valence-electron chi connectivity index (χ2n) is 9.66. The molecule has 1 atom stereocenters. The predicted octanol–water partition coefficient (Wildman–Crippen LogP) is 5.75. The van der Waals surface area contributed by atoms with Crippen molar-refractivity contribution < 1.29 is 17.9 Å². The van der Waals surface area contributed by atoms with Gasteiger partial charge in [0.15, 0.2) is 0 Å². The Morgan fingerprint density at radius 1 is 1.12 bits per heavy atom. The zero-order chi connectivity index (χ0) is 28.7. The Kier molecular flexibility index (Phi) is 7.22. The number of aromatic nitrogens is 5. The summed E-state index contributed by atoms with van der Waals surface area (Å²) >= 11 is 0.270. The maximum atomic E-state index is 13.5. The Bertz CT molecular complexity index is 1720. The van der Waals surface area contributed by atoms with Crippen molar-refractivity contribution in [2.24, 2.45) is 7.05 Å². The van der Waals surface area contributed by atoms with E-state index in [2.05, 4.69) is 20.1 Å². The molecule has 0 fully saturated rings. The molecule has 2 aromatic carbocycles. The van der Waals surface area contributed by atoms with E-state index in [1.165, 1.54) is 12.1 Å². The van der Waals surface area contributed by atoms with Crippen molar-refractivity contribution >= 4 is 34.4 Å². The van der Waals surface area contributed by atoms with E-state index in [0.29, 0.717) is 40.4 Å². The van der Waals surface area contributed by atoms with Gasteiger partial charge in [-0.3, -0.25) is 9.36 Å². The largest absolute Gasteiger partial charge is 0.484 e. The number of halogens is 3. The van der Waals surface area contributed by atoms with Crippen LogP contribution in [0.4, 0.5) is 24.7 Å². The van der Waals surface area contributed by atoms with E-state index in [1.54, 1.807) is 48.1 Å². The molecule has 0 saturated carbocycles. The monoisotopic (exact) mass is 580 g/mol. The Hall–Kier alpha value is -4.23. The molecule has 41 heavy (non-hydrogen) atoms. The zero-order valence-corrected chi connectivity index (χ0v) is 23.1. The molecule has 212 valence electrons. The maximum absolute atomic E-state index is 13.5. The highest BCUT2D eigenvalue weighted by atomic mass is 32.2. The Morgan fingerprint density at radius 2 is 1.93 bits per heavy atom. The molecule has 0 radical (unpaired) electrons. The summed E-state index contributed by atoms with van der Waals surface area (Å²) in [5.41, 5.74) is 12.4. The van der Waals surface area contributed by atoms with Gasteiger partial charge in [0.1, 0.15) is 29.2 Å². The highest BCUT2D eigenvalue weighted by molar-refractivity contribution is 8.00. The number of nitrogens with one attached hydrogen (secondary N) is 2. The normalized spacial score (nSPS) is 13.9. The van der Waals surface area contributed by atoms with Crippen LogP contribution in [0.2, 0.25) is 0 Å². The molecule has 1 aliphatic heterocycles. The summed E-state index contributed by atoms with van der Waals surface area (Å²) in [5, 5.41) is 13.4. The number of pyridine rings is 1. The third-order valence-electron chi connectivity index (χ3n) is 7.08. The number of nitrogens with zero attached hydrogens (tertiary/aromatic N) is 5. The molecular formula is C28H27F3N8OS. The van der Waals surface area contributed by atoms with Gasteiger partial charge in [0.25, 0.3) is 0 Å². The van der Waals surface area contributed by atoms with Gasteiger partial charge in [-0.1, -0.05) is 18.2 Å². The lowest BCUT2D eigenvalue weighted by molar-refractivity contribution is 0.228. The molecule has 9 nitrogen and oxygen atoms in total. The minimum absolute atomic E-state index is 0.270. The predicted molar refractivity (Wildman–Crippen MR) is 154 cm³/mol. The van der Waals surface area contributed by atoms with Crippen molar-refractivity contribution in [1.29, 1.82) is 0 Å². The number of hydrogen-bond acceptors (Lipinski definition) is 8. The Balaban J connectivity index is 1.44. The van der Waals surface area contributed by atoms with Crippen LogP contribution in [0.5, 0.6) is 5.75 Å². The lowest BCUT2D eigenvalue weighted by Crippen LogP contribution is -2.28. The van der Waals surface area contributed by atoms with E-state index in [0.717, 1.165) is 41.0 Å². The van der Waals surface area contributed by atoms with Gasteiger partial charge in [0.2, 0.25) is 0 Å². The number of fused-ring (bicyclic) bond motifs is 2. The number of alkyl halides is 2. The maximum Gasteiger partial charge on any atom is 0.302 e. The molecule has 6 rings (SSSR count). The number of rotatable bonds is 8. The van der Waals surface area contributed by atoms with Crippen molar-refractivity contribution in [3.05, 3.63) is 71.9 Å². The average molecular weight is 581 g/mol. The molecule has 0 saturated heterocycles. The van der Waals surface area contributed by atoms with E-state index < -0.39 is 11.9 Å². The minimum Gasteiger partial charge on any atom is -0.484 e. The molecule has 1 unspecified atom stereocenters. The SMILES string of the molecule is CC(Oc1cc(-c2nn(C)c3c(-c4cnn5c4CNCC5)cnc(N)c23)ccc1NSC(F)F)c1ccc(F)cc1. The fourth-order valence-electron chi connectivity index (χ4n) is 5.09. The molecule has 0 aliphatic carbocycles. The number of nitrogen functional groups attached to an aromatic ring is 1. The van der Waals surface area contributed by atoms with Gasteiger partial charge in [0.05, 0.1) is 35.0 Å². The summed E-state index contributed by atoms with van der Waals surface area (Å²) in [7, 11) is 1.84. The fraction of sp³-hybridized carbons (Fsp3) is 0.250. The van der Waals surface area contributed by atoms with E-state index >= 15 is 0 Å². The molecule has 0 bridgehead atoms. The second kappa shape index (κ2) is 11.0. The molecule has 4 N–H and O–H groups in total. The number of nitrogens with two attached hydrogens (primary N) is 1. The van der Waals surface area contributed by atoms with Crippen molar-refractivity contribution in [3.63, 3.8) is 0 Å². The van der Waals surface area contributed by atoms with E-state index in [9.17, 15) is 13.2 Å². The van der Waals surface area contributed by atoms with Gasteiger partial charge in [0, 0.05) is 55.0 Å². The highest BCUT2D eigenvalue weighted by Gasteiger charge is 2.24. The summed E-state index contributed by atoms with van der Waals surface area (Å²) in [4.78, 5) is 4.50. The van der Waals surface area contributed by atoms with E-state index in [-0.39, 0.29) is 17.8 Å². The molecule has 1 aliphatic rings. The number of anilines is 2. The van der Waals surface area contributed by atoms with Gasteiger partial charge in [-0.15, -0.1) is 0 Å². The average Bonchev–Trinajstić information content (AvgIpc) is 3.55. The van der Waals surface area contributed by atoms with Crippen molar-refractivity contribution in [1.82, 2.24) is 29.9 Å². The summed E-state index contributed by atoms with van der Waals surface area (Å²) in [6.07, 6.45) is 3.08. The van der Waals surface area contributed by atoms with Crippen LogP contribution < -0.4 is 20.5 Å². The first-order chi connectivity index (χ1) is 19.8. The van der Waals surface area contributed by atoms with Crippen molar-refractivity contribution in [3.8, 4) is 28.1 Å². The molecular weight excluding hydrogens is 553 g/mol. The van der Waals surface area contributed by atoms with Crippen LogP contribution in [0.25, 0.3) is 33.3 Å². The first kappa shape index (κ1) is 27.0. The third kappa shape index (κ3) is 5.18. The topological polar surface area (TPSA) is 108 Å². The molecule has 4 heterocycles. The standard InChI is InChI=1S/C28H27F3N8OS/c1-15(16-3-6-18(29)7-4-16)40-23-11-17(5-8-21(23)37-41-28(30)31)25-24-26(38(2)36-25)20(12-34-27(24)32)19-13-35-39-10-9-33-14-22(19)39/h3-8,11-13,15,28,33,37H,9-10,14H2,1-2H3,(H2,32,34). The van der Waals surface area contributed by atoms with Gasteiger partial charge in [-0.05, 0) is 36.8 Å². The van der Waals surface area contributed by atoms with Crippen molar-refractivity contribution in [2.75, 3.05) is 17.0 Å². The van der Waals surface area contributed by atoms with Crippen LogP contribution in [0.3, 0.4) is 0 Å². The van der Waals surface area contributed by atoms with Gasteiger partial charge in [-0.25, -0.2) is 9.37 Å². The molecule has 0 spiro atoms. The van der Waals surface area contributed by atoms with Crippen LogP contribution in [0.15, 0.2) is 54.9 Å². The second-order valence-corrected chi connectivity index (χ2v) is 10.5. The third-order valence-corrected chi connectivity index (χ3v) is 7.60. The van der Waals surface area contributed by atoms with Crippen LogP contribution in [0.1, 0.15) is 24.3 Å². The van der Waals surface area contributed by atoms with Crippen LogP contribution in [0, 0.1) is 5.82 Å². The smallest absolute Gasteiger partial charge is 0.302 e. The zero-order valence-electron chi connectivity index (χ0n) is 22.2. The first-order valence-electron chi connectivity index (χ1n) is 12.9. The van der Waals surface area contributed by atoms with Crippen LogP contribution in [-0.2, 0) is 20.1 Å². The quantitative estimate of drug-likeness (QED) is 0.199. The van der Waals surface area contributed by atoms with E-state index in [4.69, 9.17) is 15.6 Å². The number of ether oxygens (including phenoxy) is 1. The van der Waals surface area contributed by atoms with E-state index in [1.807, 2.05) is 17.9 Å². The molecule has 3 aromatic heterocycles. The summed E-state index contributed by atoms with van der Waals surface area (Å²) in [5.74, 6) is -2.36. The lowest BCUT2D eigenvalue weighted by atomic mass is 10.0. The number of benzene rings is 2. The summed E-state index contributed by atoms with van der Waals surface area (Å²) in [6.45, 7) is 4.12.